The Labute approximate surface area is 390 Å². The lowest BCUT2D eigenvalue weighted by Gasteiger charge is -2.48. The van der Waals surface area contributed by atoms with Gasteiger partial charge in [0.15, 0.2) is 18.9 Å². The smallest absolute Gasteiger partial charge is 0.220 e. The molecule has 3 aliphatic heterocycles. The van der Waals surface area contributed by atoms with Crippen LogP contribution in [0.3, 0.4) is 0 Å². The maximum absolute atomic E-state index is 13.1. The molecule has 17 atom stereocenters. The van der Waals surface area contributed by atoms with Gasteiger partial charge in [-0.3, -0.25) is 4.79 Å². The van der Waals surface area contributed by atoms with Crippen LogP contribution in [0.1, 0.15) is 123 Å². The van der Waals surface area contributed by atoms with Crippen LogP contribution in [-0.4, -0.2) is 193 Å². The number of aliphatic hydroxyl groups excluding tert-OH is 11. The molecule has 0 bridgehead atoms. The molecule has 3 rings (SSSR count). The average Bonchev–Trinajstić information content (AvgIpc) is 3.31. The van der Waals surface area contributed by atoms with E-state index in [1.165, 1.54) is 19.3 Å². The van der Waals surface area contributed by atoms with Crippen molar-refractivity contribution in [1.29, 1.82) is 0 Å². The van der Waals surface area contributed by atoms with Gasteiger partial charge in [-0.1, -0.05) is 108 Å². The van der Waals surface area contributed by atoms with Gasteiger partial charge in [0, 0.05) is 6.42 Å². The van der Waals surface area contributed by atoms with E-state index in [0.717, 1.165) is 70.6 Å². The fraction of sp³-hybridized carbons (Fsp3) is 0.851. The molecule has 12 N–H and O–H groups in total. The molecule has 17 unspecified atom stereocenters. The van der Waals surface area contributed by atoms with Crippen molar-refractivity contribution in [2.45, 2.75) is 227 Å². The first-order valence-electron chi connectivity index (χ1n) is 24.2. The molecule has 0 aromatic carbocycles. The molecule has 3 aliphatic rings. The minimum Gasteiger partial charge on any atom is -0.394 e. The Hall–Kier alpha value is -1.99. The van der Waals surface area contributed by atoms with Gasteiger partial charge >= 0.3 is 0 Å². The molecule has 19 heteroatoms. The van der Waals surface area contributed by atoms with Gasteiger partial charge in [-0.25, -0.2) is 0 Å². The molecule has 0 spiro atoms. The first-order valence-corrected chi connectivity index (χ1v) is 24.2. The van der Waals surface area contributed by atoms with Gasteiger partial charge < -0.3 is 89.9 Å². The Balaban J connectivity index is 1.49. The van der Waals surface area contributed by atoms with Gasteiger partial charge in [-0.2, -0.15) is 0 Å². The van der Waals surface area contributed by atoms with Crippen LogP contribution in [0, 0.1) is 0 Å². The van der Waals surface area contributed by atoms with Crippen LogP contribution in [0.2, 0.25) is 0 Å². The third-order valence-electron chi connectivity index (χ3n) is 12.2. The van der Waals surface area contributed by atoms with Crippen molar-refractivity contribution < 1.29 is 89.4 Å². The first kappa shape index (κ1) is 58.3. The lowest BCUT2D eigenvalue weighted by molar-refractivity contribution is -0.379. The highest BCUT2D eigenvalue weighted by Gasteiger charge is 2.53. The molecule has 384 valence electrons. The number of amides is 1. The van der Waals surface area contributed by atoms with E-state index >= 15 is 0 Å². The standard InChI is InChI=1S/C47H83NO18/c1-3-5-7-9-10-11-12-13-14-15-16-17-18-19-20-21-23-25-35(53)48-30(31(52)24-22-8-6-4-2)29-61-45-41(59)38(56)43(33(27-50)63-45)66-47-42(60)39(57)44(34(28-51)64-47)65-46-40(58)37(55)36(54)32(26-49)62-46/h10-11,13-14,22,24,30-34,36-47,49-52,54-60H,3-9,12,15-21,23,25-29H2,1-2H3,(H,48,53)/b11-10-,14-13-,24-22+. The van der Waals surface area contributed by atoms with E-state index in [4.69, 9.17) is 28.4 Å². The fourth-order valence-electron chi connectivity index (χ4n) is 8.03. The zero-order chi connectivity index (χ0) is 48.4. The lowest BCUT2D eigenvalue weighted by atomic mass is 9.96. The summed E-state index contributed by atoms with van der Waals surface area (Å²) in [5, 5.41) is 119. The minimum absolute atomic E-state index is 0.231. The molecule has 19 nitrogen and oxygen atoms in total. The quantitative estimate of drug-likeness (QED) is 0.0325. The summed E-state index contributed by atoms with van der Waals surface area (Å²) in [7, 11) is 0. The highest BCUT2D eigenvalue weighted by Crippen LogP contribution is 2.33. The molecule has 0 aromatic rings. The van der Waals surface area contributed by atoms with Gasteiger partial charge in [0.25, 0.3) is 0 Å². The van der Waals surface area contributed by atoms with Crippen LogP contribution in [0.5, 0.6) is 0 Å². The summed E-state index contributed by atoms with van der Waals surface area (Å²) in [6.45, 7) is 1.47. The van der Waals surface area contributed by atoms with E-state index in [1.54, 1.807) is 12.2 Å². The number of hydrogen-bond acceptors (Lipinski definition) is 18. The summed E-state index contributed by atoms with van der Waals surface area (Å²) < 4.78 is 33.9. The summed E-state index contributed by atoms with van der Waals surface area (Å²) in [6.07, 6.45) is 2.44. The number of ether oxygens (including phenoxy) is 6. The number of unbranched alkanes of at least 4 members (excludes halogenated alkanes) is 12. The van der Waals surface area contributed by atoms with E-state index in [1.807, 2.05) is 6.92 Å². The number of aliphatic hydroxyl groups is 11. The third kappa shape index (κ3) is 19.1. The number of allylic oxidation sites excluding steroid dienone is 5. The monoisotopic (exact) mass is 950 g/mol. The summed E-state index contributed by atoms with van der Waals surface area (Å²) in [4.78, 5) is 13.1. The van der Waals surface area contributed by atoms with Gasteiger partial charge in [-0.05, 0) is 44.9 Å². The van der Waals surface area contributed by atoms with Crippen molar-refractivity contribution in [3.05, 3.63) is 36.5 Å². The Bertz CT molecular complexity index is 1370. The van der Waals surface area contributed by atoms with Gasteiger partial charge in [0.05, 0.1) is 38.6 Å². The molecular formula is C47H83NO18. The van der Waals surface area contributed by atoms with E-state index in [9.17, 15) is 61.0 Å². The molecule has 0 aromatic heterocycles. The predicted molar refractivity (Wildman–Crippen MR) is 240 cm³/mol. The molecule has 0 saturated carbocycles. The summed E-state index contributed by atoms with van der Waals surface area (Å²) in [6, 6.07) is -0.971. The van der Waals surface area contributed by atoms with E-state index in [0.29, 0.717) is 12.8 Å². The number of nitrogens with one attached hydrogen (secondary N) is 1. The molecule has 3 fully saturated rings. The van der Waals surface area contributed by atoms with Gasteiger partial charge in [-0.15, -0.1) is 0 Å². The fourth-order valence-corrected chi connectivity index (χ4v) is 8.03. The van der Waals surface area contributed by atoms with Crippen LogP contribution < -0.4 is 5.32 Å². The van der Waals surface area contributed by atoms with Crippen molar-refractivity contribution in [2.24, 2.45) is 0 Å². The van der Waals surface area contributed by atoms with E-state index < -0.39 is 124 Å². The van der Waals surface area contributed by atoms with Crippen molar-refractivity contribution in [2.75, 3.05) is 26.4 Å². The number of carbonyl (C=O) groups is 1. The first-order chi connectivity index (χ1) is 31.8. The maximum atomic E-state index is 13.1. The normalized spacial score (nSPS) is 34.1. The Morgan fingerprint density at radius 1 is 0.545 bits per heavy atom. The number of carbonyl (C=O) groups excluding carboxylic acids is 1. The zero-order valence-corrected chi connectivity index (χ0v) is 38.9. The van der Waals surface area contributed by atoms with Crippen LogP contribution in [0.25, 0.3) is 0 Å². The van der Waals surface area contributed by atoms with E-state index in [2.05, 4.69) is 36.5 Å². The zero-order valence-electron chi connectivity index (χ0n) is 38.9. The minimum atomic E-state index is -1.98. The van der Waals surface area contributed by atoms with Crippen LogP contribution in [-0.2, 0) is 33.2 Å². The maximum Gasteiger partial charge on any atom is 0.220 e. The van der Waals surface area contributed by atoms with Crippen molar-refractivity contribution in [3.8, 4) is 0 Å². The third-order valence-corrected chi connectivity index (χ3v) is 12.2. The molecule has 0 aliphatic carbocycles. The topological polar surface area (TPSA) is 307 Å². The highest BCUT2D eigenvalue weighted by atomic mass is 16.8. The second-order valence-corrected chi connectivity index (χ2v) is 17.6. The molecule has 1 amide bonds. The summed E-state index contributed by atoms with van der Waals surface area (Å²) >= 11 is 0. The van der Waals surface area contributed by atoms with Crippen molar-refractivity contribution in [3.63, 3.8) is 0 Å². The molecule has 3 heterocycles. The van der Waals surface area contributed by atoms with Crippen LogP contribution in [0.4, 0.5) is 0 Å². The van der Waals surface area contributed by atoms with Crippen molar-refractivity contribution in [1.82, 2.24) is 5.32 Å². The lowest BCUT2D eigenvalue weighted by Crippen LogP contribution is -2.66. The molecule has 66 heavy (non-hydrogen) atoms. The highest BCUT2D eigenvalue weighted by molar-refractivity contribution is 5.76. The Morgan fingerprint density at radius 2 is 1.02 bits per heavy atom. The van der Waals surface area contributed by atoms with Crippen LogP contribution >= 0.6 is 0 Å². The SMILES string of the molecule is CCCC/C=C/C(O)C(COC1OC(CO)C(OC2OC(CO)C(OC3OC(CO)C(O)C(O)C3O)C(O)C2O)C(O)C1O)NC(=O)CCCCCCCCC/C=C\C/C=C\CCCCC. The summed E-state index contributed by atoms with van der Waals surface area (Å²) in [5.41, 5.74) is 0. The predicted octanol–water partition coefficient (Wildman–Crippen LogP) is 0.637. The molecule has 3 saturated heterocycles. The van der Waals surface area contributed by atoms with Crippen LogP contribution in [0.15, 0.2) is 36.5 Å². The van der Waals surface area contributed by atoms with Gasteiger partial charge in [0.2, 0.25) is 5.91 Å². The molecular weight excluding hydrogens is 867 g/mol. The van der Waals surface area contributed by atoms with Crippen molar-refractivity contribution >= 4 is 5.91 Å². The average molecular weight is 950 g/mol. The Kier molecular flexibility index (Phi) is 28.9. The van der Waals surface area contributed by atoms with Gasteiger partial charge in [0.1, 0.15) is 73.2 Å². The van der Waals surface area contributed by atoms with E-state index in [-0.39, 0.29) is 18.9 Å². The number of hydrogen-bond donors (Lipinski definition) is 12. The second kappa shape index (κ2) is 32.8. The Morgan fingerprint density at radius 3 is 1.58 bits per heavy atom. The summed E-state index contributed by atoms with van der Waals surface area (Å²) in [5.74, 6) is -0.297. The second-order valence-electron chi connectivity index (χ2n) is 17.6. The molecule has 0 radical (unpaired) electrons. The largest absolute Gasteiger partial charge is 0.394 e. The number of rotatable bonds is 32.